The van der Waals surface area contributed by atoms with E-state index in [1.165, 1.54) is 24.4 Å². The summed E-state index contributed by atoms with van der Waals surface area (Å²) in [4.78, 5) is 4.14. The largest absolute Gasteiger partial charge is 0.456 e. The first kappa shape index (κ1) is 14.1. The number of hydroxylamine groups is 1. The Balaban J connectivity index is 1.88. The molecule has 110 valence electrons. The molecule has 0 radical (unpaired) electrons. The minimum Gasteiger partial charge on any atom is -0.456 e. The predicted octanol–water partition coefficient (Wildman–Crippen LogP) is 2.75. The standard InChI is InChI=1S/C14H13ClFN3O2/c15-9-3-10(16)5-12(4-9)21-13-2-8-1-11(17)7-19(20)14(8)18-6-13/h2-6,11,20H,1,7,17H2/t11-/m0/s1. The molecule has 0 fully saturated rings. The van der Waals surface area contributed by atoms with Crippen LogP contribution in [0.3, 0.4) is 0 Å². The SMILES string of the molecule is N[C@H]1Cc2cc(Oc3cc(F)cc(Cl)c3)cnc2N(O)C1. The average molecular weight is 310 g/mol. The highest BCUT2D eigenvalue weighted by Gasteiger charge is 2.22. The number of rotatable bonds is 2. The highest BCUT2D eigenvalue weighted by atomic mass is 35.5. The van der Waals surface area contributed by atoms with Crippen LogP contribution in [0.1, 0.15) is 5.56 Å². The van der Waals surface area contributed by atoms with Gasteiger partial charge in [-0.15, -0.1) is 0 Å². The molecule has 0 unspecified atom stereocenters. The molecular weight excluding hydrogens is 297 g/mol. The fraction of sp³-hybridized carbons (Fsp3) is 0.214. The summed E-state index contributed by atoms with van der Waals surface area (Å²) in [7, 11) is 0. The Kier molecular flexibility index (Phi) is 3.67. The maximum Gasteiger partial charge on any atom is 0.155 e. The van der Waals surface area contributed by atoms with Crippen LogP contribution < -0.4 is 15.5 Å². The molecule has 0 spiro atoms. The predicted molar refractivity (Wildman–Crippen MR) is 76.5 cm³/mol. The van der Waals surface area contributed by atoms with Crippen LogP contribution in [0.25, 0.3) is 0 Å². The third kappa shape index (κ3) is 3.07. The summed E-state index contributed by atoms with van der Waals surface area (Å²) in [5, 5.41) is 11.0. The van der Waals surface area contributed by atoms with Gasteiger partial charge in [-0.2, -0.15) is 0 Å². The number of hydrogen-bond donors (Lipinski definition) is 2. The third-order valence-electron chi connectivity index (χ3n) is 3.12. The summed E-state index contributed by atoms with van der Waals surface area (Å²) >= 11 is 5.78. The minimum atomic E-state index is -0.480. The number of pyridine rings is 1. The maximum atomic E-state index is 13.3. The lowest BCUT2D eigenvalue weighted by Gasteiger charge is -2.28. The lowest BCUT2D eigenvalue weighted by atomic mass is 10.0. The van der Waals surface area contributed by atoms with E-state index in [9.17, 15) is 9.60 Å². The van der Waals surface area contributed by atoms with E-state index in [2.05, 4.69) is 4.98 Å². The first-order chi connectivity index (χ1) is 10.0. The van der Waals surface area contributed by atoms with Gasteiger partial charge >= 0.3 is 0 Å². The molecule has 0 aliphatic carbocycles. The zero-order chi connectivity index (χ0) is 15.0. The van der Waals surface area contributed by atoms with Gasteiger partial charge in [0.15, 0.2) is 5.82 Å². The van der Waals surface area contributed by atoms with E-state index in [1.54, 1.807) is 6.07 Å². The van der Waals surface area contributed by atoms with Crippen molar-refractivity contribution in [2.75, 3.05) is 11.6 Å². The van der Waals surface area contributed by atoms with Crippen LogP contribution in [-0.2, 0) is 6.42 Å². The smallest absolute Gasteiger partial charge is 0.155 e. The summed E-state index contributed by atoms with van der Waals surface area (Å²) in [5.74, 6) is 0.689. The van der Waals surface area contributed by atoms with Gasteiger partial charge < -0.3 is 10.5 Å². The average Bonchev–Trinajstić information content (AvgIpc) is 2.36. The molecule has 21 heavy (non-hydrogen) atoms. The van der Waals surface area contributed by atoms with Gasteiger partial charge in [0.05, 0.1) is 12.7 Å². The van der Waals surface area contributed by atoms with Crippen molar-refractivity contribution in [3.05, 3.63) is 46.9 Å². The van der Waals surface area contributed by atoms with E-state index < -0.39 is 5.82 Å². The van der Waals surface area contributed by atoms with Crippen molar-refractivity contribution in [2.45, 2.75) is 12.5 Å². The number of anilines is 1. The van der Waals surface area contributed by atoms with Gasteiger partial charge in [-0.3, -0.25) is 5.21 Å². The minimum absolute atomic E-state index is 0.178. The topological polar surface area (TPSA) is 71.6 Å². The Morgan fingerprint density at radius 1 is 1.33 bits per heavy atom. The molecule has 7 heteroatoms. The first-order valence-electron chi connectivity index (χ1n) is 6.36. The summed E-state index contributed by atoms with van der Waals surface area (Å²) in [6, 6.07) is 5.48. The maximum absolute atomic E-state index is 13.3. The van der Waals surface area contributed by atoms with E-state index in [1.807, 2.05) is 0 Å². The summed E-state index contributed by atoms with van der Waals surface area (Å²) < 4.78 is 18.8. The van der Waals surface area contributed by atoms with E-state index in [0.29, 0.717) is 24.5 Å². The summed E-state index contributed by atoms with van der Waals surface area (Å²) in [5.41, 5.74) is 6.62. The Bertz CT molecular complexity index is 663. The Hall–Kier alpha value is -1.89. The molecule has 0 saturated carbocycles. The normalized spacial score (nSPS) is 17.5. The Morgan fingerprint density at radius 3 is 2.90 bits per heavy atom. The fourth-order valence-corrected chi connectivity index (χ4v) is 2.51. The first-order valence-corrected chi connectivity index (χ1v) is 6.74. The van der Waals surface area contributed by atoms with Gasteiger partial charge in [-0.25, -0.2) is 14.4 Å². The molecule has 1 aliphatic rings. The number of hydrogen-bond acceptors (Lipinski definition) is 5. The van der Waals surface area contributed by atoms with E-state index in [0.717, 1.165) is 10.6 Å². The van der Waals surface area contributed by atoms with Crippen LogP contribution in [0.5, 0.6) is 11.5 Å². The fourth-order valence-electron chi connectivity index (χ4n) is 2.30. The number of nitrogens with zero attached hydrogens (tertiary/aromatic N) is 2. The van der Waals surface area contributed by atoms with Gasteiger partial charge in [0.25, 0.3) is 0 Å². The van der Waals surface area contributed by atoms with Gasteiger partial charge in [0.1, 0.15) is 17.3 Å². The van der Waals surface area contributed by atoms with Crippen molar-refractivity contribution < 1.29 is 14.3 Å². The van der Waals surface area contributed by atoms with Crippen molar-refractivity contribution in [2.24, 2.45) is 5.73 Å². The number of ether oxygens (including phenoxy) is 1. The second kappa shape index (κ2) is 5.48. The second-order valence-corrected chi connectivity index (χ2v) is 5.34. The van der Waals surface area contributed by atoms with Crippen molar-refractivity contribution >= 4 is 17.4 Å². The van der Waals surface area contributed by atoms with Crippen molar-refractivity contribution in [1.82, 2.24) is 4.98 Å². The second-order valence-electron chi connectivity index (χ2n) is 4.91. The van der Waals surface area contributed by atoms with Crippen LogP contribution in [-0.4, -0.2) is 22.8 Å². The molecule has 0 amide bonds. The molecule has 1 aliphatic heterocycles. The molecular formula is C14H13ClFN3O2. The van der Waals surface area contributed by atoms with E-state index >= 15 is 0 Å². The molecule has 3 N–H and O–H groups in total. The van der Waals surface area contributed by atoms with Crippen LogP contribution in [0.4, 0.5) is 10.2 Å². The van der Waals surface area contributed by atoms with Crippen LogP contribution in [0, 0.1) is 5.82 Å². The zero-order valence-corrected chi connectivity index (χ0v) is 11.7. The Labute approximate surface area is 125 Å². The molecule has 1 aromatic carbocycles. The van der Waals surface area contributed by atoms with E-state index in [-0.39, 0.29) is 16.8 Å². The molecule has 1 atom stereocenters. The van der Waals surface area contributed by atoms with Crippen molar-refractivity contribution in [1.29, 1.82) is 0 Å². The Morgan fingerprint density at radius 2 is 2.14 bits per heavy atom. The molecule has 1 aromatic heterocycles. The molecule has 5 nitrogen and oxygen atoms in total. The van der Waals surface area contributed by atoms with Gasteiger partial charge in [-0.05, 0) is 24.6 Å². The third-order valence-corrected chi connectivity index (χ3v) is 3.34. The van der Waals surface area contributed by atoms with E-state index in [4.69, 9.17) is 22.1 Å². The number of halogens is 2. The molecule has 3 rings (SSSR count). The monoisotopic (exact) mass is 309 g/mol. The lowest BCUT2D eigenvalue weighted by Crippen LogP contribution is -2.42. The van der Waals surface area contributed by atoms with Crippen LogP contribution in [0.15, 0.2) is 30.5 Å². The van der Waals surface area contributed by atoms with Crippen LogP contribution in [0.2, 0.25) is 5.02 Å². The molecule has 2 heterocycles. The van der Waals surface area contributed by atoms with Crippen molar-refractivity contribution in [3.8, 4) is 11.5 Å². The lowest BCUT2D eigenvalue weighted by molar-refractivity contribution is 0.234. The molecule has 0 saturated heterocycles. The van der Waals surface area contributed by atoms with Gasteiger partial charge in [0, 0.05) is 22.7 Å². The van der Waals surface area contributed by atoms with Crippen molar-refractivity contribution in [3.63, 3.8) is 0 Å². The highest BCUT2D eigenvalue weighted by molar-refractivity contribution is 6.30. The van der Waals surface area contributed by atoms with Gasteiger partial charge in [-0.1, -0.05) is 11.6 Å². The summed E-state index contributed by atoms with van der Waals surface area (Å²) in [6.07, 6.45) is 2.04. The molecule has 0 bridgehead atoms. The number of fused-ring (bicyclic) bond motifs is 1. The molecule has 2 aromatic rings. The number of nitrogens with two attached hydrogens (primary N) is 1. The zero-order valence-electron chi connectivity index (χ0n) is 11.0. The number of aromatic nitrogens is 1. The highest BCUT2D eigenvalue weighted by Crippen LogP contribution is 2.30. The summed E-state index contributed by atoms with van der Waals surface area (Å²) in [6.45, 7) is 0.333. The van der Waals surface area contributed by atoms with Gasteiger partial charge in [0.2, 0.25) is 0 Å². The number of benzene rings is 1. The van der Waals surface area contributed by atoms with Crippen LogP contribution >= 0.6 is 11.6 Å². The quantitative estimate of drug-likeness (QED) is 0.892.